The molecule has 2 amide bonds. The number of nitrogens with one attached hydrogen (secondary N) is 2. The summed E-state index contributed by atoms with van der Waals surface area (Å²) in [7, 11) is 0. The molecule has 6 nitrogen and oxygen atoms in total. The van der Waals surface area contributed by atoms with Gasteiger partial charge in [-0.25, -0.2) is 0 Å². The molecule has 28 heavy (non-hydrogen) atoms. The summed E-state index contributed by atoms with van der Waals surface area (Å²) in [5, 5.41) is 5.39. The molecule has 2 N–H and O–H groups in total. The van der Waals surface area contributed by atoms with Gasteiger partial charge in [0.1, 0.15) is 0 Å². The van der Waals surface area contributed by atoms with Gasteiger partial charge in [0.25, 0.3) is 0 Å². The summed E-state index contributed by atoms with van der Waals surface area (Å²) in [6.45, 7) is 1.90. The molecule has 0 radical (unpaired) electrons. The van der Waals surface area contributed by atoms with Crippen molar-refractivity contribution in [3.63, 3.8) is 0 Å². The first-order valence-corrected chi connectivity index (χ1v) is 9.51. The molecule has 0 heterocycles. The molecule has 0 atom stereocenters. The third-order valence-electron chi connectivity index (χ3n) is 4.38. The van der Waals surface area contributed by atoms with Crippen LogP contribution in [-0.2, 0) is 9.59 Å². The van der Waals surface area contributed by atoms with Gasteiger partial charge in [-0.05, 0) is 42.8 Å². The highest BCUT2D eigenvalue weighted by atomic mass is 35.5. The molecule has 2 aromatic carbocycles. The maximum absolute atomic E-state index is 13.0. The predicted octanol–water partition coefficient (Wildman–Crippen LogP) is 3.77. The van der Waals surface area contributed by atoms with Crippen molar-refractivity contribution < 1.29 is 19.2 Å². The molecule has 0 bridgehead atoms. The maximum atomic E-state index is 13.0. The summed E-state index contributed by atoms with van der Waals surface area (Å²) in [6, 6.07) is 9.30. The number of carbonyl (C=O) groups is 4. The molecule has 0 unspecified atom stereocenters. The van der Waals surface area contributed by atoms with Crippen molar-refractivity contribution in [2.45, 2.75) is 26.2 Å². The van der Waals surface area contributed by atoms with Crippen LogP contribution in [0.2, 0.25) is 0 Å². The molecule has 3 rings (SSSR count). The fourth-order valence-corrected chi connectivity index (χ4v) is 3.24. The fraction of sp³-hybridized carbons (Fsp3) is 0.238. The molecule has 2 aromatic rings. The first kappa shape index (κ1) is 19.8. The zero-order chi connectivity index (χ0) is 20.3. The molecule has 0 saturated carbocycles. The van der Waals surface area contributed by atoms with E-state index in [2.05, 4.69) is 10.6 Å². The minimum Gasteiger partial charge on any atom is -0.326 e. The van der Waals surface area contributed by atoms with Crippen molar-refractivity contribution in [1.82, 2.24) is 0 Å². The zero-order valence-electron chi connectivity index (χ0n) is 15.3. The van der Waals surface area contributed by atoms with Crippen LogP contribution in [0.3, 0.4) is 0 Å². The van der Waals surface area contributed by atoms with Crippen LogP contribution < -0.4 is 10.6 Å². The van der Waals surface area contributed by atoms with E-state index in [0.29, 0.717) is 29.8 Å². The molecule has 0 saturated heterocycles. The van der Waals surface area contributed by atoms with Crippen LogP contribution in [0.1, 0.15) is 58.0 Å². The van der Waals surface area contributed by atoms with Crippen LogP contribution in [-0.4, -0.2) is 29.3 Å². The van der Waals surface area contributed by atoms with Gasteiger partial charge in [0.05, 0.1) is 0 Å². The first-order valence-electron chi connectivity index (χ1n) is 8.97. The van der Waals surface area contributed by atoms with Gasteiger partial charge in [0.15, 0.2) is 11.6 Å². The number of ketones is 2. The van der Waals surface area contributed by atoms with Gasteiger partial charge in [-0.1, -0.05) is 6.92 Å². The van der Waals surface area contributed by atoms with Crippen LogP contribution in [0, 0.1) is 0 Å². The monoisotopic (exact) mass is 398 g/mol. The highest BCUT2D eigenvalue weighted by molar-refractivity contribution is 6.29. The highest BCUT2D eigenvalue weighted by Crippen LogP contribution is 2.31. The number of amides is 2. The number of fused-ring (bicyclic) bond motifs is 2. The summed E-state index contributed by atoms with van der Waals surface area (Å²) in [5.74, 6) is -0.833. The molecule has 7 heteroatoms. The van der Waals surface area contributed by atoms with E-state index in [4.69, 9.17) is 11.6 Å². The molecular weight excluding hydrogens is 380 g/mol. The number of rotatable bonds is 6. The van der Waals surface area contributed by atoms with Gasteiger partial charge in [-0.3, -0.25) is 19.2 Å². The summed E-state index contributed by atoms with van der Waals surface area (Å²) in [6.07, 6.45) is 1.23. The molecule has 0 aliphatic heterocycles. The minimum absolute atomic E-state index is 0.148. The van der Waals surface area contributed by atoms with Crippen molar-refractivity contribution in [2.24, 2.45) is 0 Å². The lowest BCUT2D eigenvalue weighted by atomic mass is 9.83. The van der Waals surface area contributed by atoms with Gasteiger partial charge < -0.3 is 10.6 Å². The topological polar surface area (TPSA) is 92.3 Å². The van der Waals surface area contributed by atoms with Crippen molar-refractivity contribution in [1.29, 1.82) is 0 Å². The second-order valence-electron chi connectivity index (χ2n) is 6.46. The van der Waals surface area contributed by atoms with Crippen molar-refractivity contribution in [2.75, 3.05) is 16.5 Å². The smallest absolute Gasteiger partial charge is 0.225 e. The third kappa shape index (κ3) is 3.97. The average molecular weight is 399 g/mol. The Bertz CT molecular complexity index is 909. The third-order valence-corrected chi connectivity index (χ3v) is 4.57. The Morgan fingerprint density at radius 3 is 1.71 bits per heavy atom. The van der Waals surface area contributed by atoms with Gasteiger partial charge in [-0.2, -0.15) is 0 Å². The van der Waals surface area contributed by atoms with E-state index in [1.54, 1.807) is 18.2 Å². The van der Waals surface area contributed by atoms with Crippen LogP contribution in [0.4, 0.5) is 11.4 Å². The van der Waals surface area contributed by atoms with Crippen LogP contribution in [0.25, 0.3) is 0 Å². The maximum Gasteiger partial charge on any atom is 0.225 e. The molecule has 0 fully saturated rings. The van der Waals surface area contributed by atoms with Crippen LogP contribution in [0.15, 0.2) is 36.4 Å². The van der Waals surface area contributed by atoms with E-state index in [1.165, 1.54) is 18.2 Å². The Kier molecular flexibility index (Phi) is 5.90. The largest absolute Gasteiger partial charge is 0.326 e. The standard InChI is InChI=1S/C21H19ClN2O4/c1-2-3-18(25)23-12-4-6-14-16(10-12)21(28)17-11-13(24-19(26)8-9-22)5-7-15(17)20(14)27/h4-7,10-11H,2-3,8-9H2,1H3,(H,23,25)(H,24,26). The predicted molar refractivity (Wildman–Crippen MR) is 107 cm³/mol. The van der Waals surface area contributed by atoms with Crippen molar-refractivity contribution in [3.8, 4) is 0 Å². The van der Waals surface area contributed by atoms with E-state index >= 15 is 0 Å². The second kappa shape index (κ2) is 8.35. The minimum atomic E-state index is -0.329. The van der Waals surface area contributed by atoms with E-state index < -0.39 is 0 Å². The quantitative estimate of drug-likeness (QED) is 0.618. The molecular formula is C21H19ClN2O4. The highest BCUT2D eigenvalue weighted by Gasteiger charge is 2.30. The zero-order valence-corrected chi connectivity index (χ0v) is 16.1. The number of hydrogen-bond acceptors (Lipinski definition) is 4. The number of halogens is 1. The Labute approximate surface area is 167 Å². The van der Waals surface area contributed by atoms with Crippen molar-refractivity contribution >= 4 is 46.4 Å². The number of carbonyl (C=O) groups excluding carboxylic acids is 4. The summed E-state index contributed by atoms with van der Waals surface area (Å²) in [5.41, 5.74) is 1.93. The number of anilines is 2. The average Bonchev–Trinajstić information content (AvgIpc) is 2.66. The number of hydrogen-bond donors (Lipinski definition) is 2. The molecule has 1 aliphatic carbocycles. The number of alkyl halides is 1. The molecule has 0 spiro atoms. The van der Waals surface area contributed by atoms with Gasteiger partial charge in [0, 0.05) is 52.4 Å². The molecule has 1 aliphatic rings. The van der Waals surface area contributed by atoms with E-state index in [9.17, 15) is 19.2 Å². The lowest BCUT2D eigenvalue weighted by Gasteiger charge is -2.19. The van der Waals surface area contributed by atoms with Gasteiger partial charge in [0.2, 0.25) is 11.8 Å². The lowest BCUT2D eigenvalue weighted by molar-refractivity contribution is -0.116. The second-order valence-corrected chi connectivity index (χ2v) is 6.84. The number of benzene rings is 2. The fourth-order valence-electron chi connectivity index (χ4n) is 3.07. The Morgan fingerprint density at radius 1 is 0.786 bits per heavy atom. The summed E-state index contributed by atoms with van der Waals surface area (Å²) in [4.78, 5) is 49.3. The SMILES string of the molecule is CCCC(=O)Nc1ccc2c(c1)C(=O)c1cc(NC(=O)CCCl)ccc1C2=O. The first-order chi connectivity index (χ1) is 13.4. The lowest BCUT2D eigenvalue weighted by Crippen LogP contribution is -2.22. The molecule has 0 aromatic heterocycles. The molecule has 144 valence electrons. The van der Waals surface area contributed by atoms with Gasteiger partial charge in [-0.15, -0.1) is 11.6 Å². The summed E-state index contributed by atoms with van der Waals surface area (Å²) < 4.78 is 0. The van der Waals surface area contributed by atoms with Crippen LogP contribution >= 0.6 is 11.6 Å². The summed E-state index contributed by atoms with van der Waals surface area (Å²) >= 11 is 5.56. The Balaban J connectivity index is 1.93. The van der Waals surface area contributed by atoms with E-state index in [1.807, 2.05) is 6.92 Å². The van der Waals surface area contributed by atoms with E-state index in [0.717, 1.165) is 0 Å². The Morgan fingerprint density at radius 2 is 1.25 bits per heavy atom. The van der Waals surface area contributed by atoms with Crippen LogP contribution in [0.5, 0.6) is 0 Å². The van der Waals surface area contributed by atoms with E-state index in [-0.39, 0.29) is 52.4 Å². The normalized spacial score (nSPS) is 12.2. The van der Waals surface area contributed by atoms with Crippen molar-refractivity contribution in [3.05, 3.63) is 58.7 Å². The Hall–Kier alpha value is -2.99. The van der Waals surface area contributed by atoms with Gasteiger partial charge >= 0.3 is 0 Å².